The summed E-state index contributed by atoms with van der Waals surface area (Å²) < 4.78 is 19.8. The molecule has 1 heterocycles. The molecule has 6 nitrogen and oxygen atoms in total. The van der Waals surface area contributed by atoms with Crippen LogP contribution in [0.15, 0.2) is 12.1 Å². The van der Waals surface area contributed by atoms with Gasteiger partial charge in [-0.05, 0) is 37.8 Å². The van der Waals surface area contributed by atoms with Crippen molar-refractivity contribution in [3.05, 3.63) is 39.3 Å². The minimum Gasteiger partial charge on any atom is -0.508 e. The summed E-state index contributed by atoms with van der Waals surface area (Å²) in [5.74, 6) is -1.93. The minimum absolute atomic E-state index is 0.129. The number of carboxylic acids is 1. The number of anilines is 1. The number of carbonyl (C=O) groups is 1. The van der Waals surface area contributed by atoms with Gasteiger partial charge in [0.2, 0.25) is 5.95 Å². The fraction of sp³-hybridized carbons (Fsp3) is 0.294. The quantitative estimate of drug-likeness (QED) is 0.644. The number of carboxylic acid groups (broad SMARTS) is 1. The van der Waals surface area contributed by atoms with Gasteiger partial charge in [-0.1, -0.05) is 23.2 Å². The number of phenols is 1. The Morgan fingerprint density at radius 2 is 1.92 bits per heavy atom. The molecular weight excluding hydrogens is 386 g/mol. The molecule has 1 aliphatic rings. The van der Waals surface area contributed by atoms with Crippen molar-refractivity contribution in [2.24, 2.45) is 0 Å². The molecule has 9 heteroatoms. The number of hydrogen-bond acceptors (Lipinski definition) is 5. The number of aliphatic carboxylic acids is 1. The summed E-state index contributed by atoms with van der Waals surface area (Å²) in [5, 5.41) is 20.6. The molecule has 0 aliphatic heterocycles. The average Bonchev–Trinajstić information content (AvgIpc) is 2.62. The van der Waals surface area contributed by atoms with Crippen LogP contribution >= 0.6 is 23.2 Å². The lowest BCUT2D eigenvalue weighted by molar-refractivity contribution is -0.134. The number of aromatic nitrogens is 1. The molecule has 0 fully saturated rings. The lowest BCUT2D eigenvalue weighted by atomic mass is 9.90. The van der Waals surface area contributed by atoms with E-state index in [0.717, 1.165) is 30.4 Å². The van der Waals surface area contributed by atoms with Gasteiger partial charge >= 0.3 is 5.97 Å². The molecule has 3 rings (SSSR count). The van der Waals surface area contributed by atoms with Crippen LogP contribution in [0.4, 0.5) is 10.2 Å². The van der Waals surface area contributed by atoms with Gasteiger partial charge in [0.25, 0.3) is 0 Å². The van der Waals surface area contributed by atoms with Crippen molar-refractivity contribution in [1.82, 2.24) is 4.98 Å². The van der Waals surface area contributed by atoms with Gasteiger partial charge in [0.15, 0.2) is 11.6 Å². The van der Waals surface area contributed by atoms with Crippen LogP contribution in [0.3, 0.4) is 0 Å². The van der Waals surface area contributed by atoms with Gasteiger partial charge in [0.1, 0.15) is 28.1 Å². The van der Waals surface area contributed by atoms with Crippen molar-refractivity contribution in [2.45, 2.75) is 25.7 Å². The van der Waals surface area contributed by atoms with E-state index in [4.69, 9.17) is 33.0 Å². The number of hydrogen-bond donors (Lipinski definition) is 3. The summed E-state index contributed by atoms with van der Waals surface area (Å²) in [6.45, 7) is -0.498. The molecule has 3 N–H and O–H groups in total. The number of benzene rings is 1. The number of ether oxygens (including phenoxy) is 1. The van der Waals surface area contributed by atoms with E-state index < -0.39 is 23.5 Å². The normalized spacial score (nSPS) is 13.2. The zero-order valence-electron chi connectivity index (χ0n) is 13.5. The zero-order valence-corrected chi connectivity index (χ0v) is 15.0. The molecule has 0 bridgehead atoms. The Labute approximate surface area is 158 Å². The topological polar surface area (TPSA) is 91.7 Å². The summed E-state index contributed by atoms with van der Waals surface area (Å²) in [4.78, 5) is 14.2. The molecule has 1 aliphatic carbocycles. The Balaban J connectivity index is 2.01. The Bertz CT molecular complexity index is 877. The lowest BCUT2D eigenvalue weighted by Crippen LogP contribution is -2.14. The maximum absolute atomic E-state index is 14.0. The summed E-state index contributed by atoms with van der Waals surface area (Å²) in [7, 11) is 0. The Hall–Kier alpha value is -2.25. The van der Waals surface area contributed by atoms with Crippen molar-refractivity contribution in [1.29, 1.82) is 0 Å². The molecule has 0 atom stereocenters. The fourth-order valence-corrected chi connectivity index (χ4v) is 3.35. The first-order chi connectivity index (χ1) is 12.4. The predicted octanol–water partition coefficient (Wildman–Crippen LogP) is 4.40. The third-order valence-corrected chi connectivity index (χ3v) is 4.76. The largest absolute Gasteiger partial charge is 0.508 e. The van der Waals surface area contributed by atoms with Crippen LogP contribution in [0.25, 0.3) is 0 Å². The fourth-order valence-electron chi connectivity index (χ4n) is 2.88. The summed E-state index contributed by atoms with van der Waals surface area (Å²) >= 11 is 12.1. The van der Waals surface area contributed by atoms with Gasteiger partial charge in [-0.15, -0.1) is 0 Å². The van der Waals surface area contributed by atoms with Crippen LogP contribution in [0.5, 0.6) is 17.2 Å². The second-order valence-electron chi connectivity index (χ2n) is 5.80. The number of halogens is 3. The van der Waals surface area contributed by atoms with Crippen molar-refractivity contribution >= 4 is 35.0 Å². The van der Waals surface area contributed by atoms with Crippen LogP contribution in [0, 0.1) is 5.95 Å². The first kappa shape index (κ1) is 18.5. The van der Waals surface area contributed by atoms with E-state index in [9.17, 15) is 14.3 Å². The minimum atomic E-state index is -1.16. The molecule has 0 radical (unpaired) electrons. The smallest absolute Gasteiger partial charge is 0.322 e. The van der Waals surface area contributed by atoms with E-state index in [1.165, 1.54) is 6.07 Å². The monoisotopic (exact) mass is 400 g/mol. The van der Waals surface area contributed by atoms with Crippen LogP contribution < -0.4 is 10.1 Å². The van der Waals surface area contributed by atoms with Gasteiger partial charge in [0, 0.05) is 11.1 Å². The molecule has 138 valence electrons. The maximum atomic E-state index is 14.0. The zero-order chi connectivity index (χ0) is 18.8. The summed E-state index contributed by atoms with van der Waals surface area (Å²) in [5.41, 5.74) is 1.61. The highest BCUT2D eigenvalue weighted by molar-refractivity contribution is 6.38. The van der Waals surface area contributed by atoms with E-state index in [-0.39, 0.29) is 22.3 Å². The molecule has 0 spiro atoms. The third kappa shape index (κ3) is 3.64. The summed E-state index contributed by atoms with van der Waals surface area (Å²) in [6, 6.07) is 3.07. The van der Waals surface area contributed by atoms with Crippen molar-refractivity contribution < 1.29 is 24.1 Å². The number of nitrogens with zero attached hydrogens (tertiary/aromatic N) is 1. The molecule has 2 aromatic rings. The van der Waals surface area contributed by atoms with E-state index in [0.29, 0.717) is 12.2 Å². The van der Waals surface area contributed by atoms with Crippen LogP contribution in [0.1, 0.15) is 24.0 Å². The molecule has 26 heavy (non-hydrogen) atoms. The number of nitrogens with one attached hydrogen (secondary N) is 1. The SMILES string of the molecule is O=C(O)CNc1nc(F)c(Cl)c(Oc2ccc(O)c3c2CCCC3)c1Cl. The lowest BCUT2D eigenvalue weighted by Gasteiger charge is -2.21. The highest BCUT2D eigenvalue weighted by Crippen LogP contribution is 2.44. The van der Waals surface area contributed by atoms with Crippen molar-refractivity contribution in [3.63, 3.8) is 0 Å². The van der Waals surface area contributed by atoms with E-state index >= 15 is 0 Å². The number of phenolic OH excluding ortho intramolecular Hbond substituents is 1. The molecule has 0 saturated heterocycles. The average molecular weight is 401 g/mol. The Morgan fingerprint density at radius 3 is 2.62 bits per heavy atom. The predicted molar refractivity (Wildman–Crippen MR) is 95.2 cm³/mol. The van der Waals surface area contributed by atoms with Gasteiger partial charge < -0.3 is 20.3 Å². The van der Waals surface area contributed by atoms with Gasteiger partial charge in [-0.2, -0.15) is 9.37 Å². The third-order valence-electron chi connectivity index (χ3n) is 4.08. The van der Waals surface area contributed by atoms with Crippen LogP contribution in [0.2, 0.25) is 10.0 Å². The summed E-state index contributed by atoms with van der Waals surface area (Å²) in [6.07, 6.45) is 3.31. The second kappa shape index (κ2) is 7.55. The standard InChI is InChI=1S/C17H15Cl2FN2O4/c18-13-15(14(19)17(22-16(13)20)21-7-12(24)25)26-11-6-5-10(23)8-3-1-2-4-9(8)11/h5-6,23H,1-4,7H2,(H,21,22)(H,24,25). The van der Waals surface area contributed by atoms with E-state index in [2.05, 4.69) is 10.3 Å². The van der Waals surface area contributed by atoms with Crippen molar-refractivity contribution in [3.8, 4) is 17.2 Å². The molecule has 1 aromatic heterocycles. The molecule has 0 saturated carbocycles. The second-order valence-corrected chi connectivity index (χ2v) is 6.56. The highest BCUT2D eigenvalue weighted by atomic mass is 35.5. The number of pyridine rings is 1. The van der Waals surface area contributed by atoms with Crippen molar-refractivity contribution in [2.75, 3.05) is 11.9 Å². The molecular formula is C17H15Cl2FN2O4. The molecule has 0 amide bonds. The van der Waals surface area contributed by atoms with E-state index in [1.807, 2.05) is 0 Å². The highest BCUT2D eigenvalue weighted by Gasteiger charge is 2.23. The number of rotatable bonds is 5. The first-order valence-corrected chi connectivity index (χ1v) is 8.65. The maximum Gasteiger partial charge on any atom is 0.322 e. The van der Waals surface area contributed by atoms with Gasteiger partial charge in [-0.3, -0.25) is 4.79 Å². The van der Waals surface area contributed by atoms with Crippen LogP contribution in [-0.2, 0) is 17.6 Å². The van der Waals surface area contributed by atoms with Gasteiger partial charge in [0.05, 0.1) is 0 Å². The Morgan fingerprint density at radius 1 is 1.23 bits per heavy atom. The van der Waals surface area contributed by atoms with E-state index in [1.54, 1.807) is 6.07 Å². The molecule has 1 aromatic carbocycles. The molecule has 0 unspecified atom stereocenters. The Kier molecular flexibility index (Phi) is 5.38. The van der Waals surface area contributed by atoms with Gasteiger partial charge in [-0.25, -0.2) is 0 Å². The first-order valence-electron chi connectivity index (χ1n) is 7.90. The van der Waals surface area contributed by atoms with Crippen LogP contribution in [-0.4, -0.2) is 27.7 Å². The number of fused-ring (bicyclic) bond motifs is 1. The number of aromatic hydroxyl groups is 1.